The number of nitrogens with one attached hydrogen (secondary N) is 2. The molecule has 0 radical (unpaired) electrons. The minimum Gasteiger partial charge on any atom is -0.390 e. The number of hydrogen-bond donors (Lipinski definition) is 3. The third kappa shape index (κ3) is 4.79. The Labute approximate surface area is 193 Å². The second kappa shape index (κ2) is 8.68. The molecule has 4 amide bonds. The number of fused-ring (bicyclic) bond motifs is 1. The molecule has 1 saturated heterocycles. The molecule has 2 aliphatic heterocycles. The first-order valence-corrected chi connectivity index (χ1v) is 11.2. The van der Waals surface area contributed by atoms with E-state index in [0.717, 1.165) is 0 Å². The van der Waals surface area contributed by atoms with Gasteiger partial charge in [-0.15, -0.1) is 0 Å². The van der Waals surface area contributed by atoms with E-state index in [1.165, 1.54) is 23.1 Å². The quantitative estimate of drug-likeness (QED) is 0.570. The smallest absolute Gasteiger partial charge is 0.390 e. The zero-order chi connectivity index (χ0) is 24.8. The summed E-state index contributed by atoms with van der Waals surface area (Å²) in [6, 6.07) is 1.16. The summed E-state index contributed by atoms with van der Waals surface area (Å²) in [4.78, 5) is 50.4. The molecule has 1 aliphatic carbocycles. The van der Waals surface area contributed by atoms with Gasteiger partial charge in [-0.1, -0.05) is 0 Å². The van der Waals surface area contributed by atoms with Crippen molar-refractivity contribution in [1.29, 1.82) is 0 Å². The van der Waals surface area contributed by atoms with Crippen molar-refractivity contribution in [2.24, 2.45) is 5.92 Å². The normalized spacial score (nSPS) is 28.4. The number of benzene rings is 1. The summed E-state index contributed by atoms with van der Waals surface area (Å²) in [7, 11) is 0. The number of carbonyl (C=O) groups is 4. The Kier molecular flexibility index (Phi) is 6.17. The van der Waals surface area contributed by atoms with Crippen LogP contribution in [0.4, 0.5) is 13.2 Å². The van der Waals surface area contributed by atoms with Crippen LogP contribution in [0.2, 0.25) is 0 Å². The molecular formula is C23H26F3N3O5. The molecule has 1 aromatic carbocycles. The Morgan fingerprint density at radius 1 is 1.21 bits per heavy atom. The van der Waals surface area contributed by atoms with E-state index in [-0.39, 0.29) is 56.2 Å². The van der Waals surface area contributed by atoms with Gasteiger partial charge in [-0.2, -0.15) is 13.2 Å². The maximum absolute atomic E-state index is 13.8. The predicted molar refractivity (Wildman–Crippen MR) is 112 cm³/mol. The summed E-state index contributed by atoms with van der Waals surface area (Å²) in [6.07, 6.45) is -3.67. The van der Waals surface area contributed by atoms with Crippen molar-refractivity contribution in [2.75, 3.05) is 0 Å². The van der Waals surface area contributed by atoms with Crippen molar-refractivity contribution in [3.8, 4) is 0 Å². The van der Waals surface area contributed by atoms with Crippen LogP contribution in [0.5, 0.6) is 0 Å². The van der Waals surface area contributed by atoms with Gasteiger partial charge in [-0.05, 0) is 68.7 Å². The number of carbonyl (C=O) groups excluding carboxylic acids is 4. The van der Waals surface area contributed by atoms with Crippen LogP contribution < -0.4 is 10.6 Å². The molecule has 34 heavy (non-hydrogen) atoms. The van der Waals surface area contributed by atoms with Gasteiger partial charge >= 0.3 is 6.18 Å². The number of nitrogens with zero attached hydrogens (tertiary/aromatic N) is 1. The maximum Gasteiger partial charge on any atom is 0.408 e. The fourth-order valence-electron chi connectivity index (χ4n) is 5.00. The van der Waals surface area contributed by atoms with Crippen molar-refractivity contribution in [1.82, 2.24) is 15.5 Å². The number of hydrogen-bond acceptors (Lipinski definition) is 5. The second-order valence-corrected chi connectivity index (χ2v) is 9.60. The molecule has 4 rings (SSSR count). The molecule has 0 aromatic heterocycles. The summed E-state index contributed by atoms with van der Waals surface area (Å²) in [6.45, 7) is 1.61. The standard InChI is InChI=1S/C23H26F3N3O5/c1-22(34)8-6-12(7-9-22)18(23(24,25)26)28-19(31)13-2-3-15-14(10-13)11-29(21(15)33)16-4-5-17(30)27-20(16)32/h2-3,10,12,16,18,34H,4-9,11H2,1H3,(H,28,31)(H,27,30,32)/t12?,16-,18-,22?/m1/s1. The Morgan fingerprint density at radius 3 is 2.50 bits per heavy atom. The first-order chi connectivity index (χ1) is 15.9. The Hall–Kier alpha value is -2.95. The van der Waals surface area contributed by atoms with E-state index in [4.69, 9.17) is 0 Å². The topological polar surface area (TPSA) is 116 Å². The Bertz CT molecular complexity index is 1030. The van der Waals surface area contributed by atoms with Gasteiger partial charge in [0, 0.05) is 24.1 Å². The van der Waals surface area contributed by atoms with Crippen LogP contribution in [0.15, 0.2) is 18.2 Å². The molecule has 1 saturated carbocycles. The monoisotopic (exact) mass is 481 g/mol. The minimum atomic E-state index is -4.65. The average Bonchev–Trinajstić information content (AvgIpc) is 3.07. The number of rotatable bonds is 4. The van der Waals surface area contributed by atoms with E-state index in [1.807, 2.05) is 0 Å². The van der Waals surface area contributed by atoms with Gasteiger partial charge in [-0.25, -0.2) is 0 Å². The largest absolute Gasteiger partial charge is 0.408 e. The number of aliphatic hydroxyl groups is 1. The highest BCUT2D eigenvalue weighted by Gasteiger charge is 2.47. The molecule has 8 nitrogen and oxygen atoms in total. The number of imide groups is 1. The molecule has 2 heterocycles. The lowest BCUT2D eigenvalue weighted by atomic mass is 9.76. The molecule has 2 fully saturated rings. The van der Waals surface area contributed by atoms with E-state index >= 15 is 0 Å². The highest BCUT2D eigenvalue weighted by molar-refractivity contribution is 6.06. The summed E-state index contributed by atoms with van der Waals surface area (Å²) in [5.41, 5.74) is -0.325. The molecule has 184 valence electrons. The fourth-order valence-corrected chi connectivity index (χ4v) is 5.00. The van der Waals surface area contributed by atoms with Gasteiger partial charge in [0.2, 0.25) is 11.8 Å². The molecule has 2 atom stereocenters. The van der Waals surface area contributed by atoms with Crippen molar-refractivity contribution < 1.29 is 37.5 Å². The van der Waals surface area contributed by atoms with Gasteiger partial charge in [-0.3, -0.25) is 24.5 Å². The molecule has 0 spiro atoms. The SMILES string of the molecule is CC1(O)CCC([C@@H](NC(=O)c2ccc3c(c2)CN([C@@H]2CCC(=O)NC2=O)C3=O)C(F)(F)F)CC1. The third-order valence-electron chi connectivity index (χ3n) is 7.00. The van der Waals surface area contributed by atoms with Crippen molar-refractivity contribution in [3.63, 3.8) is 0 Å². The number of amides is 4. The lowest BCUT2D eigenvalue weighted by molar-refractivity contribution is -0.171. The van der Waals surface area contributed by atoms with Crippen LogP contribution in [0.1, 0.15) is 71.7 Å². The molecule has 3 aliphatic rings. The van der Waals surface area contributed by atoms with Crippen LogP contribution in [-0.4, -0.2) is 57.5 Å². The molecule has 1 aromatic rings. The Morgan fingerprint density at radius 2 is 1.88 bits per heavy atom. The third-order valence-corrected chi connectivity index (χ3v) is 7.00. The van der Waals surface area contributed by atoms with E-state index in [2.05, 4.69) is 10.6 Å². The van der Waals surface area contributed by atoms with Crippen LogP contribution in [0.3, 0.4) is 0 Å². The summed E-state index contributed by atoms with van der Waals surface area (Å²) in [5.74, 6) is -3.17. The van der Waals surface area contributed by atoms with E-state index in [0.29, 0.717) is 5.56 Å². The van der Waals surface area contributed by atoms with Crippen LogP contribution in [0, 0.1) is 5.92 Å². The van der Waals surface area contributed by atoms with Crippen molar-refractivity contribution >= 4 is 23.6 Å². The predicted octanol–water partition coefficient (Wildman–Crippen LogP) is 2.05. The second-order valence-electron chi connectivity index (χ2n) is 9.60. The van der Waals surface area contributed by atoms with Crippen LogP contribution >= 0.6 is 0 Å². The minimum absolute atomic E-state index is 0.0158. The highest BCUT2D eigenvalue weighted by atomic mass is 19.4. The summed E-state index contributed by atoms with van der Waals surface area (Å²) < 4.78 is 41.3. The Balaban J connectivity index is 1.48. The zero-order valence-corrected chi connectivity index (χ0v) is 18.6. The van der Waals surface area contributed by atoms with Gasteiger partial charge in [0.1, 0.15) is 12.1 Å². The van der Waals surface area contributed by atoms with Crippen molar-refractivity contribution in [3.05, 3.63) is 34.9 Å². The van der Waals surface area contributed by atoms with Gasteiger partial charge in [0.15, 0.2) is 0 Å². The van der Waals surface area contributed by atoms with Crippen LogP contribution in [-0.2, 0) is 16.1 Å². The average molecular weight is 481 g/mol. The number of piperidine rings is 1. The fraction of sp³-hybridized carbons (Fsp3) is 0.565. The number of alkyl halides is 3. The van der Waals surface area contributed by atoms with Gasteiger partial charge in [0.25, 0.3) is 11.8 Å². The maximum atomic E-state index is 13.8. The van der Waals surface area contributed by atoms with Crippen LogP contribution in [0.25, 0.3) is 0 Å². The first kappa shape index (κ1) is 24.2. The molecule has 0 bridgehead atoms. The van der Waals surface area contributed by atoms with E-state index in [9.17, 15) is 37.5 Å². The van der Waals surface area contributed by atoms with Gasteiger partial charge < -0.3 is 15.3 Å². The molecule has 3 N–H and O–H groups in total. The lowest BCUT2D eigenvalue weighted by Gasteiger charge is -2.37. The van der Waals surface area contributed by atoms with Gasteiger partial charge in [0.05, 0.1) is 5.60 Å². The summed E-state index contributed by atoms with van der Waals surface area (Å²) in [5, 5.41) is 14.4. The van der Waals surface area contributed by atoms with E-state index < -0.39 is 53.4 Å². The van der Waals surface area contributed by atoms with E-state index in [1.54, 1.807) is 6.92 Å². The molecular weight excluding hydrogens is 455 g/mol. The number of halogens is 3. The first-order valence-electron chi connectivity index (χ1n) is 11.2. The summed E-state index contributed by atoms with van der Waals surface area (Å²) >= 11 is 0. The zero-order valence-electron chi connectivity index (χ0n) is 18.6. The molecule has 0 unspecified atom stereocenters. The van der Waals surface area contributed by atoms with Crippen molar-refractivity contribution in [2.45, 2.75) is 75.9 Å². The highest BCUT2D eigenvalue weighted by Crippen LogP contribution is 2.38. The lowest BCUT2D eigenvalue weighted by Crippen LogP contribution is -2.52. The molecule has 11 heteroatoms.